The third-order valence-corrected chi connectivity index (χ3v) is 7.70. The molecular formula is C24H30N2O5S. The van der Waals surface area contributed by atoms with Gasteiger partial charge in [-0.15, -0.1) is 0 Å². The number of hydrogen-bond acceptors (Lipinski definition) is 5. The topological polar surface area (TPSA) is 92.8 Å². The van der Waals surface area contributed by atoms with Crippen molar-refractivity contribution in [3.8, 4) is 0 Å². The summed E-state index contributed by atoms with van der Waals surface area (Å²) < 4.78 is 31.9. The predicted molar refractivity (Wildman–Crippen MR) is 124 cm³/mol. The number of benzene rings is 2. The lowest BCUT2D eigenvalue weighted by molar-refractivity contribution is -0.120. The fraction of sp³-hybridized carbons (Fsp3) is 0.417. The summed E-state index contributed by atoms with van der Waals surface area (Å²) in [6, 6.07) is 14.8. The molecule has 0 spiro atoms. The van der Waals surface area contributed by atoms with Gasteiger partial charge in [-0.3, -0.25) is 4.79 Å². The fourth-order valence-electron chi connectivity index (χ4n) is 3.88. The van der Waals surface area contributed by atoms with Gasteiger partial charge in [0.25, 0.3) is 0 Å². The summed E-state index contributed by atoms with van der Waals surface area (Å²) in [5, 5.41) is 2.87. The van der Waals surface area contributed by atoms with E-state index in [9.17, 15) is 18.0 Å². The fourth-order valence-corrected chi connectivity index (χ4v) is 5.46. The zero-order valence-electron chi connectivity index (χ0n) is 18.5. The lowest BCUT2D eigenvalue weighted by atomic mass is 9.98. The van der Waals surface area contributed by atoms with E-state index >= 15 is 0 Å². The normalized spacial score (nSPS) is 17.0. The second-order valence-corrected chi connectivity index (χ2v) is 10.2. The zero-order valence-corrected chi connectivity index (χ0v) is 19.4. The van der Waals surface area contributed by atoms with Crippen LogP contribution in [0.1, 0.15) is 40.7 Å². The summed E-state index contributed by atoms with van der Waals surface area (Å²) in [4.78, 5) is 24.7. The lowest BCUT2D eigenvalue weighted by Gasteiger charge is -2.31. The third-order valence-electron chi connectivity index (χ3n) is 5.78. The molecule has 1 atom stereocenters. The van der Waals surface area contributed by atoms with Crippen LogP contribution in [0.2, 0.25) is 0 Å². The molecule has 0 bridgehead atoms. The minimum atomic E-state index is -3.43. The Hall–Kier alpha value is -2.71. The van der Waals surface area contributed by atoms with Crippen molar-refractivity contribution >= 4 is 27.6 Å². The zero-order chi connectivity index (χ0) is 23.1. The quantitative estimate of drug-likeness (QED) is 0.612. The van der Waals surface area contributed by atoms with E-state index in [-0.39, 0.29) is 18.2 Å². The molecule has 1 fully saturated rings. The van der Waals surface area contributed by atoms with Crippen LogP contribution in [0.4, 0.5) is 5.69 Å². The number of hydrogen-bond donors (Lipinski definition) is 1. The first-order valence-corrected chi connectivity index (χ1v) is 12.4. The van der Waals surface area contributed by atoms with Gasteiger partial charge in [0.1, 0.15) is 0 Å². The number of rotatable bonds is 8. The van der Waals surface area contributed by atoms with E-state index in [1.807, 2.05) is 37.3 Å². The smallest absolute Gasteiger partial charge is 0.337 e. The summed E-state index contributed by atoms with van der Waals surface area (Å²) >= 11 is 0. The molecule has 7 nitrogen and oxygen atoms in total. The molecule has 32 heavy (non-hydrogen) atoms. The second-order valence-electron chi connectivity index (χ2n) is 8.11. The molecule has 1 N–H and O–H groups in total. The number of carbonyl (C=O) groups excluding carboxylic acids is 2. The summed E-state index contributed by atoms with van der Waals surface area (Å²) in [5.74, 6) is -1.09. The van der Waals surface area contributed by atoms with Crippen molar-refractivity contribution < 1.29 is 22.7 Å². The van der Waals surface area contributed by atoms with Gasteiger partial charge >= 0.3 is 5.97 Å². The van der Waals surface area contributed by atoms with Crippen LogP contribution >= 0.6 is 0 Å². The first-order valence-electron chi connectivity index (χ1n) is 10.8. The van der Waals surface area contributed by atoms with Crippen LogP contribution in [0.15, 0.2) is 48.5 Å². The van der Waals surface area contributed by atoms with Gasteiger partial charge in [-0.2, -0.15) is 0 Å². The maximum Gasteiger partial charge on any atom is 0.337 e. The Kier molecular flexibility index (Phi) is 8.04. The van der Waals surface area contributed by atoms with Gasteiger partial charge in [0.05, 0.1) is 24.3 Å². The molecule has 0 aliphatic carbocycles. The third kappa shape index (κ3) is 6.17. The van der Waals surface area contributed by atoms with E-state index < -0.39 is 21.9 Å². The molecule has 1 saturated heterocycles. The van der Waals surface area contributed by atoms with E-state index in [1.165, 1.54) is 11.4 Å². The number of ether oxygens (including phenoxy) is 1. The maximum absolute atomic E-state index is 12.9. The second kappa shape index (κ2) is 10.7. The van der Waals surface area contributed by atoms with Gasteiger partial charge in [-0.25, -0.2) is 17.5 Å². The van der Waals surface area contributed by atoms with Crippen LogP contribution < -0.4 is 5.32 Å². The van der Waals surface area contributed by atoms with Gasteiger partial charge in [-0.1, -0.05) is 36.4 Å². The van der Waals surface area contributed by atoms with Gasteiger partial charge in [0.15, 0.2) is 0 Å². The average Bonchev–Trinajstić information content (AvgIpc) is 2.80. The number of methoxy groups -OCH3 is 1. The number of aryl methyl sites for hydroxylation is 2. The molecule has 0 unspecified atom stereocenters. The average molecular weight is 459 g/mol. The SMILES string of the molecule is COC(=O)c1ccc(C)c(NC(=O)[C@@H]2CCCN(S(=O)(=O)CCCc3ccccc3)C2)c1. The summed E-state index contributed by atoms with van der Waals surface area (Å²) in [6.07, 6.45) is 2.50. The highest BCUT2D eigenvalue weighted by atomic mass is 32.2. The van der Waals surface area contributed by atoms with E-state index in [4.69, 9.17) is 4.74 Å². The van der Waals surface area contributed by atoms with Gasteiger partial charge in [0, 0.05) is 18.8 Å². The van der Waals surface area contributed by atoms with Crippen molar-refractivity contribution in [3.05, 3.63) is 65.2 Å². The summed E-state index contributed by atoms with van der Waals surface area (Å²) in [7, 11) is -2.13. The Morgan fingerprint density at radius 2 is 1.91 bits per heavy atom. The van der Waals surface area contributed by atoms with Gasteiger partial charge in [0.2, 0.25) is 15.9 Å². The van der Waals surface area contributed by atoms with Crippen LogP contribution in [-0.2, 0) is 26.0 Å². The number of nitrogens with one attached hydrogen (secondary N) is 1. The van der Waals surface area contributed by atoms with E-state index in [0.717, 1.165) is 11.1 Å². The van der Waals surface area contributed by atoms with Crippen molar-refractivity contribution in [2.45, 2.75) is 32.6 Å². The van der Waals surface area contributed by atoms with Gasteiger partial charge in [-0.05, 0) is 55.9 Å². The van der Waals surface area contributed by atoms with Crippen LogP contribution in [0.3, 0.4) is 0 Å². The van der Waals surface area contributed by atoms with Crippen LogP contribution in [0, 0.1) is 12.8 Å². The molecule has 172 valence electrons. The van der Waals surface area contributed by atoms with Crippen molar-refractivity contribution in [1.82, 2.24) is 4.31 Å². The molecule has 2 aromatic carbocycles. The number of anilines is 1. The summed E-state index contributed by atoms with van der Waals surface area (Å²) in [6.45, 7) is 2.45. The minimum absolute atomic E-state index is 0.0660. The predicted octanol–water partition coefficient (Wildman–Crippen LogP) is 3.39. The molecule has 1 amide bonds. The standard InChI is InChI=1S/C24H30N2O5S/c1-18-12-13-20(24(28)31-2)16-22(18)25-23(27)21-11-6-14-26(17-21)32(29,30)15-7-10-19-8-4-3-5-9-19/h3-5,8-9,12-13,16,21H,6-7,10-11,14-15,17H2,1-2H3,(H,25,27)/t21-/m1/s1. The molecular weight excluding hydrogens is 428 g/mol. The number of esters is 1. The molecule has 0 saturated carbocycles. The number of sulfonamides is 1. The molecule has 1 heterocycles. The van der Waals surface area contributed by atoms with Crippen molar-refractivity contribution in [1.29, 1.82) is 0 Å². The van der Waals surface area contributed by atoms with Crippen LogP contribution in [0.25, 0.3) is 0 Å². The first kappa shape index (κ1) is 23.9. The van der Waals surface area contributed by atoms with Crippen LogP contribution in [-0.4, -0.2) is 50.6 Å². The molecule has 3 rings (SSSR count). The molecule has 1 aliphatic rings. The van der Waals surface area contributed by atoms with E-state index in [0.29, 0.717) is 43.5 Å². The number of piperidine rings is 1. The minimum Gasteiger partial charge on any atom is -0.465 e. The number of carbonyl (C=O) groups is 2. The van der Waals surface area contributed by atoms with Crippen LogP contribution in [0.5, 0.6) is 0 Å². The van der Waals surface area contributed by atoms with E-state index in [1.54, 1.807) is 18.2 Å². The number of nitrogens with zero attached hydrogens (tertiary/aromatic N) is 1. The maximum atomic E-state index is 12.9. The first-order chi connectivity index (χ1) is 15.3. The Labute approximate surface area is 189 Å². The molecule has 1 aliphatic heterocycles. The molecule has 2 aromatic rings. The Morgan fingerprint density at radius 3 is 2.62 bits per heavy atom. The Bertz CT molecular complexity index is 1050. The van der Waals surface area contributed by atoms with Gasteiger partial charge < -0.3 is 10.1 Å². The Morgan fingerprint density at radius 1 is 1.16 bits per heavy atom. The largest absolute Gasteiger partial charge is 0.465 e. The van der Waals surface area contributed by atoms with Crippen molar-refractivity contribution in [3.63, 3.8) is 0 Å². The number of amides is 1. The highest BCUT2D eigenvalue weighted by molar-refractivity contribution is 7.89. The van der Waals surface area contributed by atoms with Crippen molar-refractivity contribution in [2.24, 2.45) is 5.92 Å². The summed E-state index contributed by atoms with van der Waals surface area (Å²) in [5.41, 5.74) is 2.80. The lowest BCUT2D eigenvalue weighted by Crippen LogP contribution is -2.44. The monoisotopic (exact) mass is 458 g/mol. The van der Waals surface area contributed by atoms with E-state index in [2.05, 4.69) is 5.32 Å². The molecule has 8 heteroatoms. The highest BCUT2D eigenvalue weighted by Gasteiger charge is 2.32. The van der Waals surface area contributed by atoms with Crippen molar-refractivity contribution in [2.75, 3.05) is 31.3 Å². The Balaban J connectivity index is 1.60. The molecule has 0 aromatic heterocycles. The highest BCUT2D eigenvalue weighted by Crippen LogP contribution is 2.24. The molecule has 0 radical (unpaired) electrons.